The molecule has 0 radical (unpaired) electrons. The van der Waals surface area contributed by atoms with Crippen LogP contribution in [0.5, 0.6) is 5.75 Å². The maximum Gasteiger partial charge on any atom is 0.282 e. The van der Waals surface area contributed by atoms with Crippen molar-refractivity contribution >= 4 is 33.4 Å². The fourth-order valence-electron chi connectivity index (χ4n) is 6.84. The summed E-state index contributed by atoms with van der Waals surface area (Å²) in [5.74, 6) is 0.985. The van der Waals surface area contributed by atoms with Crippen molar-refractivity contribution < 1.29 is 14.3 Å². The SMILES string of the molecule is CN1C[C@H](Nc2cnn(C)c(=O)c2Br)C[C@H](c2ccc(CN3CCC(c4ccc(OC5CCC(=O)NC5=O)cc4)CC3)cc2)C1. The van der Waals surface area contributed by atoms with Gasteiger partial charge < -0.3 is 15.0 Å². The first kappa shape index (κ1) is 31.4. The second-order valence-corrected chi connectivity index (χ2v) is 13.5. The van der Waals surface area contributed by atoms with Gasteiger partial charge in [-0.05, 0) is 96.0 Å². The van der Waals surface area contributed by atoms with Gasteiger partial charge in [0.05, 0.1) is 11.9 Å². The minimum Gasteiger partial charge on any atom is -0.481 e. The maximum absolute atomic E-state index is 12.3. The predicted octanol–water partition coefficient (Wildman–Crippen LogP) is 4.01. The van der Waals surface area contributed by atoms with Crippen LogP contribution in [0.2, 0.25) is 0 Å². The number of amides is 2. The molecule has 0 saturated carbocycles. The number of benzene rings is 2. The number of hydrogen-bond acceptors (Lipinski definition) is 8. The summed E-state index contributed by atoms with van der Waals surface area (Å²) in [5, 5.41) is 10.1. The number of halogens is 1. The minimum atomic E-state index is -0.609. The standard InChI is InChI=1S/C34H41BrN6O4/c1-39-20-26(17-27(21-39)37-29-18-36-40(2)34(44)32(29)35)24-5-3-22(4-6-24)19-41-15-13-25(14-16-41)23-7-9-28(10-8-23)45-30-11-12-31(42)38-33(30)43/h3-10,18,25-27,30,37H,11-17,19-21H2,1-2H3,(H,38,42,43)/t26-,27+,30?/m0/s1. The summed E-state index contributed by atoms with van der Waals surface area (Å²) in [6.07, 6.45) is 5.03. The van der Waals surface area contributed by atoms with Crippen LogP contribution in [0.1, 0.15) is 60.6 Å². The zero-order chi connectivity index (χ0) is 31.5. The van der Waals surface area contributed by atoms with E-state index >= 15 is 0 Å². The molecule has 1 aromatic heterocycles. The molecule has 45 heavy (non-hydrogen) atoms. The number of aromatic nitrogens is 2. The number of imide groups is 1. The highest BCUT2D eigenvalue weighted by molar-refractivity contribution is 9.10. The van der Waals surface area contributed by atoms with Gasteiger partial charge in [-0.3, -0.25) is 24.6 Å². The molecule has 3 aliphatic rings. The van der Waals surface area contributed by atoms with E-state index in [0.29, 0.717) is 34.9 Å². The van der Waals surface area contributed by atoms with Gasteiger partial charge in [-0.25, -0.2) is 4.68 Å². The van der Waals surface area contributed by atoms with Gasteiger partial charge in [-0.15, -0.1) is 0 Å². The molecule has 0 aliphatic carbocycles. The van der Waals surface area contributed by atoms with Gasteiger partial charge in [0.2, 0.25) is 5.91 Å². The van der Waals surface area contributed by atoms with Crippen LogP contribution in [-0.2, 0) is 23.2 Å². The molecule has 3 aliphatic heterocycles. The van der Waals surface area contributed by atoms with E-state index in [1.165, 1.54) is 21.4 Å². The van der Waals surface area contributed by atoms with E-state index < -0.39 is 6.10 Å². The molecule has 11 heteroatoms. The molecule has 0 bridgehead atoms. The molecule has 2 aromatic carbocycles. The molecule has 10 nitrogen and oxygen atoms in total. The molecule has 4 heterocycles. The number of anilines is 1. The Hall–Kier alpha value is -3.54. The predicted molar refractivity (Wildman–Crippen MR) is 176 cm³/mol. The third-order valence-electron chi connectivity index (χ3n) is 9.33. The number of likely N-dealkylation sites (tertiary alicyclic amines) is 2. The molecule has 238 valence electrons. The minimum absolute atomic E-state index is 0.145. The first-order chi connectivity index (χ1) is 21.7. The van der Waals surface area contributed by atoms with Crippen molar-refractivity contribution in [3.63, 3.8) is 0 Å². The Morgan fingerprint density at radius 2 is 1.62 bits per heavy atom. The van der Waals surface area contributed by atoms with Crippen molar-refractivity contribution in [2.75, 3.05) is 38.5 Å². The molecule has 3 saturated heterocycles. The van der Waals surface area contributed by atoms with E-state index in [0.717, 1.165) is 57.7 Å². The van der Waals surface area contributed by atoms with Crippen LogP contribution in [0.25, 0.3) is 0 Å². The quantitative estimate of drug-likeness (QED) is 0.345. The first-order valence-electron chi connectivity index (χ1n) is 15.8. The van der Waals surface area contributed by atoms with E-state index in [9.17, 15) is 14.4 Å². The third kappa shape index (κ3) is 7.65. The van der Waals surface area contributed by atoms with Gasteiger partial charge in [0.25, 0.3) is 11.5 Å². The molecule has 6 rings (SSSR count). The Labute approximate surface area is 272 Å². The average molecular weight is 678 g/mol. The van der Waals surface area contributed by atoms with Crippen molar-refractivity contribution in [1.29, 1.82) is 0 Å². The van der Waals surface area contributed by atoms with Crippen molar-refractivity contribution in [1.82, 2.24) is 24.9 Å². The smallest absolute Gasteiger partial charge is 0.282 e. The van der Waals surface area contributed by atoms with Crippen LogP contribution in [0, 0.1) is 0 Å². The fraction of sp³-hybridized carbons (Fsp3) is 0.471. The molecule has 3 aromatic rings. The summed E-state index contributed by atoms with van der Waals surface area (Å²) in [7, 11) is 3.80. The van der Waals surface area contributed by atoms with Gasteiger partial charge in [-0.2, -0.15) is 5.10 Å². The van der Waals surface area contributed by atoms with Crippen LogP contribution in [0.4, 0.5) is 5.69 Å². The number of piperidine rings is 3. The lowest BCUT2D eigenvalue weighted by Gasteiger charge is -2.37. The van der Waals surface area contributed by atoms with E-state index in [1.807, 2.05) is 12.1 Å². The number of carbonyl (C=O) groups excluding carboxylic acids is 2. The topological polar surface area (TPSA) is 109 Å². The van der Waals surface area contributed by atoms with Gasteiger partial charge in [-0.1, -0.05) is 36.4 Å². The highest BCUT2D eigenvalue weighted by Gasteiger charge is 2.29. The lowest BCUT2D eigenvalue weighted by Crippen LogP contribution is -2.46. The zero-order valence-electron chi connectivity index (χ0n) is 25.9. The number of nitrogens with zero attached hydrogens (tertiary/aromatic N) is 4. The van der Waals surface area contributed by atoms with Crippen LogP contribution in [-0.4, -0.2) is 76.8 Å². The second kappa shape index (κ2) is 13.8. The van der Waals surface area contributed by atoms with E-state index in [2.05, 4.69) is 84.9 Å². The Morgan fingerprint density at radius 3 is 2.33 bits per heavy atom. The molecule has 0 spiro atoms. The maximum atomic E-state index is 12.3. The summed E-state index contributed by atoms with van der Waals surface area (Å²) >= 11 is 3.44. The highest BCUT2D eigenvalue weighted by Crippen LogP contribution is 2.32. The molecule has 2 amide bonds. The summed E-state index contributed by atoms with van der Waals surface area (Å²) in [6, 6.07) is 17.5. The van der Waals surface area contributed by atoms with E-state index in [-0.39, 0.29) is 23.4 Å². The number of aryl methyl sites for hydroxylation is 1. The van der Waals surface area contributed by atoms with E-state index in [1.54, 1.807) is 13.2 Å². The number of hydrogen-bond donors (Lipinski definition) is 2. The lowest BCUT2D eigenvalue weighted by molar-refractivity contribution is -0.138. The molecular formula is C34H41BrN6O4. The molecular weight excluding hydrogens is 636 g/mol. The number of ether oxygens (including phenoxy) is 1. The van der Waals surface area contributed by atoms with Crippen molar-refractivity contribution in [2.45, 2.75) is 62.6 Å². The van der Waals surface area contributed by atoms with Gasteiger partial charge >= 0.3 is 0 Å². The number of nitrogens with one attached hydrogen (secondary N) is 2. The second-order valence-electron chi connectivity index (χ2n) is 12.7. The Kier molecular flexibility index (Phi) is 9.67. The summed E-state index contributed by atoms with van der Waals surface area (Å²) < 4.78 is 7.69. The summed E-state index contributed by atoms with van der Waals surface area (Å²) in [5.41, 5.74) is 4.58. The molecule has 3 fully saturated rings. The van der Waals surface area contributed by atoms with Crippen LogP contribution in [0.3, 0.4) is 0 Å². The summed E-state index contributed by atoms with van der Waals surface area (Å²) in [4.78, 5) is 40.6. The monoisotopic (exact) mass is 676 g/mol. The number of likely N-dealkylation sites (N-methyl/N-ethyl adjacent to an activating group) is 1. The van der Waals surface area contributed by atoms with Crippen molar-refractivity contribution in [3.8, 4) is 5.75 Å². The molecule has 1 unspecified atom stereocenters. The highest BCUT2D eigenvalue weighted by atomic mass is 79.9. The van der Waals surface area contributed by atoms with Gasteiger partial charge in [0.1, 0.15) is 10.2 Å². The number of rotatable bonds is 8. The third-order valence-corrected chi connectivity index (χ3v) is 10.1. The van der Waals surface area contributed by atoms with Crippen LogP contribution in [0.15, 0.2) is 64.0 Å². The van der Waals surface area contributed by atoms with Crippen molar-refractivity contribution in [3.05, 3.63) is 86.2 Å². The lowest BCUT2D eigenvalue weighted by atomic mass is 9.87. The summed E-state index contributed by atoms with van der Waals surface area (Å²) in [6.45, 7) is 4.96. The average Bonchev–Trinajstić information content (AvgIpc) is 3.03. The molecule has 2 N–H and O–H groups in total. The number of carbonyl (C=O) groups is 2. The van der Waals surface area contributed by atoms with Crippen LogP contribution < -0.4 is 20.9 Å². The van der Waals surface area contributed by atoms with Crippen LogP contribution >= 0.6 is 15.9 Å². The van der Waals surface area contributed by atoms with E-state index in [4.69, 9.17) is 4.74 Å². The Morgan fingerprint density at radius 1 is 0.933 bits per heavy atom. The zero-order valence-corrected chi connectivity index (χ0v) is 27.5. The van der Waals surface area contributed by atoms with Crippen molar-refractivity contribution in [2.24, 2.45) is 7.05 Å². The largest absolute Gasteiger partial charge is 0.481 e. The Bertz CT molecular complexity index is 1570. The normalized spacial score (nSPS) is 23.5. The van der Waals surface area contributed by atoms with Gasteiger partial charge in [0, 0.05) is 45.6 Å². The fourth-order valence-corrected chi connectivity index (χ4v) is 7.32. The van der Waals surface area contributed by atoms with Gasteiger partial charge in [0.15, 0.2) is 6.10 Å². The first-order valence-corrected chi connectivity index (χ1v) is 16.6. The Balaban J connectivity index is 0.983. The molecule has 3 atom stereocenters.